The first kappa shape index (κ1) is 22.9. The van der Waals surface area contributed by atoms with E-state index < -0.39 is 11.9 Å². The molecule has 0 radical (unpaired) electrons. The van der Waals surface area contributed by atoms with E-state index in [1.807, 2.05) is 6.92 Å². The molecule has 1 spiro atoms. The summed E-state index contributed by atoms with van der Waals surface area (Å²) in [6.45, 7) is 6.99. The largest absolute Gasteiger partial charge is 0.433 e. The Balaban J connectivity index is 0.00000280. The minimum absolute atomic E-state index is 0. The van der Waals surface area contributed by atoms with Gasteiger partial charge in [-0.2, -0.15) is 13.2 Å². The minimum Gasteiger partial charge on any atom is -0.381 e. The van der Waals surface area contributed by atoms with Crippen molar-refractivity contribution in [3.05, 3.63) is 18.0 Å². The predicted octanol–water partition coefficient (Wildman–Crippen LogP) is 2.60. The number of hydrogen-bond donors (Lipinski definition) is 2. The Hall–Kier alpha value is -1.37. The number of aliphatic imine (C=N–C) groups is 1. The number of hydrogen-bond acceptors (Lipinski definition) is 5. The Morgan fingerprint density at radius 2 is 2.21 bits per heavy atom. The van der Waals surface area contributed by atoms with E-state index in [-0.39, 0.29) is 35.3 Å². The number of nitrogens with zero attached hydrogens (tertiary/aromatic N) is 4. The van der Waals surface area contributed by atoms with Crippen molar-refractivity contribution >= 4 is 35.9 Å². The van der Waals surface area contributed by atoms with Crippen LogP contribution >= 0.6 is 24.0 Å². The van der Waals surface area contributed by atoms with Crippen LogP contribution in [0.5, 0.6) is 0 Å². The Bertz CT molecular complexity index is 667. The molecular weight excluding hydrogens is 488 g/mol. The number of halogens is 4. The van der Waals surface area contributed by atoms with Crippen molar-refractivity contribution in [3.63, 3.8) is 0 Å². The minimum atomic E-state index is -4.48. The van der Waals surface area contributed by atoms with Crippen molar-refractivity contribution in [2.75, 3.05) is 51.3 Å². The van der Waals surface area contributed by atoms with E-state index in [1.165, 1.54) is 0 Å². The fraction of sp³-hybridized carbons (Fsp3) is 0.706. The molecular formula is C17H26F3IN6O. The van der Waals surface area contributed by atoms with Gasteiger partial charge in [0.05, 0.1) is 13.2 Å². The van der Waals surface area contributed by atoms with Gasteiger partial charge in [0.15, 0.2) is 5.96 Å². The summed E-state index contributed by atoms with van der Waals surface area (Å²) in [7, 11) is 0. The average molecular weight is 514 g/mol. The third-order valence-electron chi connectivity index (χ3n) is 4.86. The predicted molar refractivity (Wildman–Crippen MR) is 111 cm³/mol. The van der Waals surface area contributed by atoms with Gasteiger partial charge >= 0.3 is 6.18 Å². The zero-order valence-corrected chi connectivity index (χ0v) is 18.1. The summed E-state index contributed by atoms with van der Waals surface area (Å²) in [5.74, 6) is 0.779. The zero-order chi connectivity index (χ0) is 19.3. The summed E-state index contributed by atoms with van der Waals surface area (Å²) in [6, 6.07) is 0.850. The average Bonchev–Trinajstić information content (AvgIpc) is 3.27. The second-order valence-corrected chi connectivity index (χ2v) is 6.90. The van der Waals surface area contributed by atoms with E-state index in [0.29, 0.717) is 13.1 Å². The van der Waals surface area contributed by atoms with Gasteiger partial charge in [0.25, 0.3) is 0 Å². The molecule has 1 atom stereocenters. The lowest BCUT2D eigenvalue weighted by Gasteiger charge is -2.25. The van der Waals surface area contributed by atoms with Crippen molar-refractivity contribution in [3.8, 4) is 0 Å². The van der Waals surface area contributed by atoms with Crippen LogP contribution in [-0.2, 0) is 10.9 Å². The van der Waals surface area contributed by atoms with Gasteiger partial charge in [-0.1, -0.05) is 0 Å². The number of guanidine groups is 1. The zero-order valence-electron chi connectivity index (χ0n) is 15.8. The van der Waals surface area contributed by atoms with Crippen molar-refractivity contribution < 1.29 is 17.9 Å². The van der Waals surface area contributed by atoms with Crippen LogP contribution in [0.1, 0.15) is 25.5 Å². The lowest BCUT2D eigenvalue weighted by molar-refractivity contribution is -0.141. The second-order valence-electron chi connectivity index (χ2n) is 6.90. The van der Waals surface area contributed by atoms with Gasteiger partial charge in [0.2, 0.25) is 5.95 Å². The topological polar surface area (TPSA) is 74.7 Å². The van der Waals surface area contributed by atoms with Crippen LogP contribution in [0.4, 0.5) is 19.1 Å². The van der Waals surface area contributed by atoms with Crippen molar-refractivity contribution in [1.82, 2.24) is 20.2 Å². The maximum Gasteiger partial charge on any atom is 0.433 e. The molecule has 0 saturated carbocycles. The lowest BCUT2D eigenvalue weighted by atomic mass is 9.87. The van der Waals surface area contributed by atoms with E-state index in [2.05, 4.69) is 30.5 Å². The molecule has 3 rings (SSSR count). The van der Waals surface area contributed by atoms with Crippen LogP contribution in [0.3, 0.4) is 0 Å². The van der Waals surface area contributed by atoms with E-state index in [9.17, 15) is 13.2 Å². The highest BCUT2D eigenvalue weighted by molar-refractivity contribution is 14.0. The van der Waals surface area contributed by atoms with Gasteiger partial charge in [-0.25, -0.2) is 9.97 Å². The SMILES string of the molecule is CCNC(=NCCNc1nccc(C(F)(F)F)n1)N1CCC2(CCOC2)C1.I. The molecule has 2 aliphatic rings. The molecule has 3 heterocycles. The molecule has 2 N–H and O–H groups in total. The fourth-order valence-electron chi connectivity index (χ4n) is 3.44. The van der Waals surface area contributed by atoms with Crippen LogP contribution in [0.15, 0.2) is 17.3 Å². The van der Waals surface area contributed by atoms with Crippen LogP contribution < -0.4 is 10.6 Å². The standard InChI is InChI=1S/C17H25F3N6O.HI/c1-2-21-15(26-9-4-16(11-26)5-10-27-12-16)24-8-7-23-14-22-6-3-13(25-14)17(18,19)20;/h3,6H,2,4-5,7-12H2,1H3,(H,21,24)(H,22,23,25);1H. The monoisotopic (exact) mass is 514 g/mol. The summed E-state index contributed by atoms with van der Waals surface area (Å²) in [4.78, 5) is 14.1. The molecule has 28 heavy (non-hydrogen) atoms. The van der Waals surface area contributed by atoms with Crippen molar-refractivity contribution in [2.45, 2.75) is 25.9 Å². The molecule has 1 unspecified atom stereocenters. The maximum atomic E-state index is 12.7. The maximum absolute atomic E-state index is 12.7. The van der Waals surface area contributed by atoms with Crippen LogP contribution in [0.2, 0.25) is 0 Å². The van der Waals surface area contributed by atoms with Crippen molar-refractivity contribution in [1.29, 1.82) is 0 Å². The van der Waals surface area contributed by atoms with Crippen molar-refractivity contribution in [2.24, 2.45) is 10.4 Å². The number of nitrogens with one attached hydrogen (secondary N) is 2. The Labute approximate surface area is 179 Å². The van der Waals surface area contributed by atoms with Gasteiger partial charge in [-0.3, -0.25) is 4.99 Å². The summed E-state index contributed by atoms with van der Waals surface area (Å²) in [5.41, 5.74) is -0.724. The van der Waals surface area contributed by atoms with E-state index in [0.717, 1.165) is 63.9 Å². The summed E-state index contributed by atoms with van der Waals surface area (Å²) in [6.07, 6.45) is -1.21. The first-order valence-corrected chi connectivity index (χ1v) is 9.17. The van der Waals surface area contributed by atoms with Gasteiger partial charge in [-0.15, -0.1) is 24.0 Å². The highest BCUT2D eigenvalue weighted by Crippen LogP contribution is 2.38. The normalized spacial score (nSPS) is 22.4. The summed E-state index contributed by atoms with van der Waals surface area (Å²) in [5, 5.41) is 6.08. The third-order valence-corrected chi connectivity index (χ3v) is 4.86. The van der Waals surface area contributed by atoms with Gasteiger partial charge in [-0.05, 0) is 25.8 Å². The lowest BCUT2D eigenvalue weighted by Crippen LogP contribution is -2.41. The van der Waals surface area contributed by atoms with Gasteiger partial charge < -0.3 is 20.3 Å². The second kappa shape index (κ2) is 9.90. The number of anilines is 1. The molecule has 0 amide bonds. The van der Waals surface area contributed by atoms with E-state index >= 15 is 0 Å². The molecule has 1 aromatic heterocycles. The molecule has 158 valence electrons. The van der Waals surface area contributed by atoms with E-state index in [1.54, 1.807) is 0 Å². The molecule has 0 aromatic carbocycles. The highest BCUT2D eigenvalue weighted by Gasteiger charge is 2.42. The Morgan fingerprint density at radius 3 is 2.89 bits per heavy atom. The number of alkyl halides is 3. The molecule has 2 saturated heterocycles. The molecule has 1 aromatic rings. The van der Waals surface area contributed by atoms with Crippen LogP contribution in [0, 0.1) is 5.41 Å². The molecule has 0 aliphatic carbocycles. The molecule has 11 heteroatoms. The molecule has 0 bridgehead atoms. The van der Waals surface area contributed by atoms with Crippen LogP contribution in [-0.4, -0.2) is 66.8 Å². The molecule has 2 fully saturated rings. The third kappa shape index (κ3) is 5.82. The molecule has 2 aliphatic heterocycles. The number of rotatable bonds is 5. The van der Waals surface area contributed by atoms with E-state index in [4.69, 9.17) is 4.74 Å². The highest BCUT2D eigenvalue weighted by atomic mass is 127. The fourth-order valence-corrected chi connectivity index (χ4v) is 3.44. The molecule has 7 nitrogen and oxygen atoms in total. The summed E-state index contributed by atoms with van der Waals surface area (Å²) < 4.78 is 43.6. The quantitative estimate of drug-likeness (QED) is 0.273. The first-order valence-electron chi connectivity index (χ1n) is 9.17. The number of likely N-dealkylation sites (tertiary alicyclic amines) is 1. The number of aromatic nitrogens is 2. The Morgan fingerprint density at radius 1 is 1.39 bits per heavy atom. The van der Waals surface area contributed by atoms with Gasteiger partial charge in [0, 0.05) is 44.4 Å². The smallest absolute Gasteiger partial charge is 0.381 e. The van der Waals surface area contributed by atoms with Gasteiger partial charge in [0.1, 0.15) is 5.69 Å². The Kier molecular flexibility index (Phi) is 8.10. The first-order chi connectivity index (χ1) is 12.9. The van der Waals surface area contributed by atoms with Crippen LogP contribution in [0.25, 0.3) is 0 Å². The summed E-state index contributed by atoms with van der Waals surface area (Å²) >= 11 is 0. The number of ether oxygens (including phenoxy) is 1.